The largest absolute Gasteiger partial charge is 0.466 e. The van der Waals surface area contributed by atoms with Crippen molar-refractivity contribution in [1.29, 1.82) is 0 Å². The summed E-state index contributed by atoms with van der Waals surface area (Å²) in [6, 6.07) is 17.9. The smallest absolute Gasteiger partial charge is 0.310 e. The van der Waals surface area contributed by atoms with Gasteiger partial charge in [-0.05, 0) is 85.5 Å². The molecule has 4 heterocycles. The number of thiazole rings is 1. The summed E-state index contributed by atoms with van der Waals surface area (Å²) in [4.78, 5) is 27.1. The second-order valence-corrected chi connectivity index (χ2v) is 11.3. The van der Waals surface area contributed by atoms with E-state index in [2.05, 4.69) is 30.2 Å². The van der Waals surface area contributed by atoms with Crippen molar-refractivity contribution in [1.82, 2.24) is 19.5 Å². The zero-order chi connectivity index (χ0) is 28.0. The van der Waals surface area contributed by atoms with E-state index in [4.69, 9.17) is 26.3 Å². The number of carbonyl (C=O) groups is 1. The molecule has 2 aromatic carbocycles. The highest BCUT2D eigenvalue weighted by molar-refractivity contribution is 7.22. The Balaban J connectivity index is 1.48. The van der Waals surface area contributed by atoms with Gasteiger partial charge in [0.25, 0.3) is 0 Å². The highest BCUT2D eigenvalue weighted by Crippen LogP contribution is 2.41. The Kier molecular flexibility index (Phi) is 6.86. The lowest BCUT2D eigenvalue weighted by molar-refractivity contribution is -0.142. The van der Waals surface area contributed by atoms with Crippen LogP contribution in [0.1, 0.15) is 23.6 Å². The first kappa shape index (κ1) is 26.2. The highest BCUT2D eigenvalue weighted by atomic mass is 35.5. The van der Waals surface area contributed by atoms with Gasteiger partial charge in [0.15, 0.2) is 0 Å². The van der Waals surface area contributed by atoms with Crippen molar-refractivity contribution in [2.45, 2.75) is 27.2 Å². The summed E-state index contributed by atoms with van der Waals surface area (Å²) in [6.07, 6.45) is 4.08. The first-order valence-electron chi connectivity index (χ1n) is 13.1. The fourth-order valence-electron chi connectivity index (χ4n) is 5.16. The van der Waals surface area contributed by atoms with Gasteiger partial charge in [0.2, 0.25) is 0 Å². The van der Waals surface area contributed by atoms with Gasteiger partial charge in [-0.15, -0.1) is 11.3 Å². The maximum absolute atomic E-state index is 12.6. The number of aryl methyl sites for hydroxylation is 3. The van der Waals surface area contributed by atoms with Gasteiger partial charge < -0.3 is 9.30 Å². The van der Waals surface area contributed by atoms with Gasteiger partial charge in [-0.25, -0.2) is 9.97 Å². The Morgan fingerprint density at radius 2 is 1.77 bits per heavy atom. The van der Waals surface area contributed by atoms with Crippen molar-refractivity contribution < 1.29 is 9.53 Å². The van der Waals surface area contributed by atoms with Crippen molar-refractivity contribution in [2.24, 2.45) is 7.05 Å². The molecule has 6 aromatic rings. The van der Waals surface area contributed by atoms with Gasteiger partial charge in [0.05, 0.1) is 34.6 Å². The second-order valence-electron chi connectivity index (χ2n) is 9.82. The molecule has 0 radical (unpaired) electrons. The zero-order valence-corrected chi connectivity index (χ0v) is 24.2. The Hall–Kier alpha value is -4.07. The number of hydrogen-bond acceptors (Lipinski definition) is 6. The number of pyridine rings is 2. The average Bonchev–Trinajstić information content (AvgIpc) is 3.49. The van der Waals surface area contributed by atoms with Crippen LogP contribution in [0.4, 0.5) is 0 Å². The summed E-state index contributed by atoms with van der Waals surface area (Å²) >= 11 is 7.81. The van der Waals surface area contributed by atoms with E-state index in [9.17, 15) is 4.79 Å². The topological polar surface area (TPSA) is 69.9 Å². The number of hydrogen-bond donors (Lipinski definition) is 0. The molecule has 6 rings (SSSR count). The normalized spacial score (nSPS) is 11.4. The van der Waals surface area contributed by atoms with Gasteiger partial charge >= 0.3 is 5.97 Å². The summed E-state index contributed by atoms with van der Waals surface area (Å²) < 4.78 is 8.36. The van der Waals surface area contributed by atoms with Gasteiger partial charge in [0, 0.05) is 41.0 Å². The number of benzene rings is 2. The minimum absolute atomic E-state index is 0.187. The second kappa shape index (κ2) is 10.5. The van der Waals surface area contributed by atoms with E-state index in [1.54, 1.807) is 17.5 Å². The molecule has 8 heteroatoms. The fourth-order valence-corrected chi connectivity index (χ4v) is 6.42. The number of aromatic nitrogens is 4. The van der Waals surface area contributed by atoms with Crippen molar-refractivity contribution in [3.05, 3.63) is 88.7 Å². The first-order valence-corrected chi connectivity index (χ1v) is 14.3. The predicted octanol–water partition coefficient (Wildman–Crippen LogP) is 7.95. The molecule has 0 saturated heterocycles. The summed E-state index contributed by atoms with van der Waals surface area (Å²) in [5.74, 6) is -0.249. The fraction of sp³-hybridized carbons (Fsp3) is 0.188. The van der Waals surface area contributed by atoms with E-state index >= 15 is 0 Å². The van der Waals surface area contributed by atoms with Gasteiger partial charge in [-0.2, -0.15) is 0 Å². The third-order valence-electron chi connectivity index (χ3n) is 7.06. The molecule has 0 N–H and O–H groups in total. The molecule has 0 spiro atoms. The van der Waals surface area contributed by atoms with Crippen molar-refractivity contribution >= 4 is 50.2 Å². The van der Waals surface area contributed by atoms with Crippen LogP contribution in [0.25, 0.3) is 54.3 Å². The standard InChI is InChI=1S/C32H27ClN4O2S/c1-5-39-28(38)16-24-18(2)14-27-30(29(24)20-6-8-22(33)9-7-20)40-32(36-27)21-12-13-34-26(15-21)25-11-10-23-19(3)17-37(4)31(23)35-25/h6-15,17H,5,16H2,1-4H3. The summed E-state index contributed by atoms with van der Waals surface area (Å²) in [5.41, 5.74) is 9.47. The predicted molar refractivity (Wildman–Crippen MR) is 163 cm³/mol. The van der Waals surface area contributed by atoms with E-state index in [0.29, 0.717) is 11.6 Å². The zero-order valence-electron chi connectivity index (χ0n) is 22.7. The van der Waals surface area contributed by atoms with Gasteiger partial charge in [0.1, 0.15) is 10.7 Å². The number of fused-ring (bicyclic) bond motifs is 2. The number of halogens is 1. The number of ether oxygens (including phenoxy) is 1. The molecular weight excluding hydrogens is 540 g/mol. The Labute approximate surface area is 241 Å². The molecule has 6 nitrogen and oxygen atoms in total. The molecule has 0 saturated carbocycles. The number of esters is 1. The van der Waals surface area contributed by atoms with Crippen LogP contribution < -0.4 is 0 Å². The van der Waals surface area contributed by atoms with Crippen LogP contribution in [0.2, 0.25) is 5.02 Å². The Morgan fingerprint density at radius 1 is 0.975 bits per heavy atom. The number of rotatable bonds is 6. The molecule has 0 fully saturated rings. The average molecular weight is 567 g/mol. The molecule has 0 atom stereocenters. The highest BCUT2D eigenvalue weighted by Gasteiger charge is 2.20. The molecule has 0 aliphatic heterocycles. The van der Waals surface area contributed by atoms with Crippen LogP contribution >= 0.6 is 22.9 Å². The third-order valence-corrected chi connectivity index (χ3v) is 8.45. The number of carbonyl (C=O) groups excluding carboxylic acids is 1. The van der Waals surface area contributed by atoms with Crippen LogP contribution in [-0.4, -0.2) is 32.1 Å². The van der Waals surface area contributed by atoms with Crippen LogP contribution in [0, 0.1) is 13.8 Å². The minimum atomic E-state index is -0.249. The SMILES string of the molecule is CCOC(=O)Cc1c(C)cc2nc(-c3ccnc(-c4ccc5c(C)cn(C)c5n4)c3)sc2c1-c1ccc(Cl)cc1. The molecule has 0 bridgehead atoms. The quantitative estimate of drug-likeness (QED) is 0.191. The maximum atomic E-state index is 12.6. The van der Waals surface area contributed by atoms with E-state index in [-0.39, 0.29) is 12.4 Å². The van der Waals surface area contributed by atoms with E-state index < -0.39 is 0 Å². The summed E-state index contributed by atoms with van der Waals surface area (Å²) in [6.45, 7) is 6.27. The minimum Gasteiger partial charge on any atom is -0.466 e. The van der Waals surface area contributed by atoms with Crippen molar-refractivity contribution in [3.63, 3.8) is 0 Å². The molecule has 4 aromatic heterocycles. The Bertz CT molecular complexity index is 1910. The molecule has 40 heavy (non-hydrogen) atoms. The lowest BCUT2D eigenvalue weighted by Crippen LogP contribution is -2.09. The lowest BCUT2D eigenvalue weighted by atomic mass is 9.93. The molecule has 0 unspecified atom stereocenters. The van der Waals surface area contributed by atoms with Crippen molar-refractivity contribution in [3.8, 4) is 33.1 Å². The summed E-state index contributed by atoms with van der Waals surface area (Å²) in [5, 5.41) is 2.67. The molecule has 200 valence electrons. The Morgan fingerprint density at radius 3 is 2.55 bits per heavy atom. The van der Waals surface area contributed by atoms with Crippen molar-refractivity contribution in [2.75, 3.05) is 6.61 Å². The lowest BCUT2D eigenvalue weighted by Gasteiger charge is -2.14. The van der Waals surface area contributed by atoms with Gasteiger partial charge in [-0.3, -0.25) is 9.78 Å². The maximum Gasteiger partial charge on any atom is 0.310 e. The third kappa shape index (κ3) is 4.76. The van der Waals surface area contributed by atoms with Crippen LogP contribution in [0.15, 0.2) is 67.0 Å². The van der Waals surface area contributed by atoms with Crippen LogP contribution in [0.3, 0.4) is 0 Å². The van der Waals surface area contributed by atoms with Crippen LogP contribution in [-0.2, 0) is 23.0 Å². The first-order chi connectivity index (χ1) is 19.3. The van der Waals surface area contributed by atoms with E-state index in [1.165, 1.54) is 5.56 Å². The molecular formula is C32H27ClN4O2S. The van der Waals surface area contributed by atoms with E-state index in [0.717, 1.165) is 65.5 Å². The summed E-state index contributed by atoms with van der Waals surface area (Å²) in [7, 11) is 2.01. The van der Waals surface area contributed by atoms with Crippen LogP contribution in [0.5, 0.6) is 0 Å². The molecule has 0 aliphatic carbocycles. The van der Waals surface area contributed by atoms with E-state index in [1.807, 2.05) is 67.9 Å². The molecule has 0 amide bonds. The number of nitrogens with zero attached hydrogens (tertiary/aromatic N) is 4. The molecule has 0 aliphatic rings. The monoisotopic (exact) mass is 566 g/mol. The van der Waals surface area contributed by atoms with Gasteiger partial charge in [-0.1, -0.05) is 23.7 Å².